The van der Waals surface area contributed by atoms with Crippen molar-refractivity contribution in [2.24, 2.45) is 0 Å². The van der Waals surface area contributed by atoms with Gasteiger partial charge in [-0.2, -0.15) is 0 Å². The highest BCUT2D eigenvalue weighted by atomic mass is 35.5. The molecule has 0 fully saturated rings. The minimum Gasteiger partial charge on any atom is -0.466 e. The first-order valence-electron chi connectivity index (χ1n) is 4.73. The molecule has 0 aliphatic heterocycles. The van der Waals surface area contributed by atoms with Gasteiger partial charge in [-0.05, 0) is 12.5 Å². The van der Waals surface area contributed by atoms with E-state index >= 15 is 0 Å². The van der Waals surface area contributed by atoms with Crippen molar-refractivity contribution < 1.29 is 22.7 Å². The second-order valence-corrected chi connectivity index (χ2v) is 3.44. The number of alkyl halides is 2. The predicted octanol–water partition coefficient (Wildman–Crippen LogP) is 2.92. The van der Waals surface area contributed by atoms with E-state index in [1.807, 2.05) is 0 Å². The molecule has 0 saturated carbocycles. The van der Waals surface area contributed by atoms with Gasteiger partial charge in [-0.1, -0.05) is 11.6 Å². The molecule has 0 bridgehead atoms. The summed E-state index contributed by atoms with van der Waals surface area (Å²) in [5, 5.41) is -0.645. The van der Waals surface area contributed by atoms with Gasteiger partial charge < -0.3 is 4.74 Å². The molecular formula is C10H9ClF3NO2. The molecule has 1 aromatic heterocycles. The fraction of sp³-hybridized carbons (Fsp3) is 0.400. The van der Waals surface area contributed by atoms with Crippen LogP contribution in [0.1, 0.15) is 24.5 Å². The number of nitrogens with zero attached hydrogens (tertiary/aromatic N) is 1. The van der Waals surface area contributed by atoms with Crippen LogP contribution in [0.4, 0.5) is 13.2 Å². The molecule has 1 heterocycles. The summed E-state index contributed by atoms with van der Waals surface area (Å²) < 4.78 is 43.2. The second-order valence-electron chi connectivity index (χ2n) is 3.08. The topological polar surface area (TPSA) is 39.2 Å². The summed E-state index contributed by atoms with van der Waals surface area (Å²) in [6.45, 7) is 1.69. The smallest absolute Gasteiger partial charge is 0.310 e. The number of hydrogen-bond donors (Lipinski definition) is 0. The Labute approximate surface area is 101 Å². The molecule has 0 N–H and O–H groups in total. The zero-order chi connectivity index (χ0) is 13.0. The first-order chi connectivity index (χ1) is 7.97. The van der Waals surface area contributed by atoms with Crippen LogP contribution >= 0.6 is 11.6 Å². The summed E-state index contributed by atoms with van der Waals surface area (Å²) in [6.07, 6.45) is -2.58. The molecule has 0 unspecified atom stereocenters. The third-order valence-electron chi connectivity index (χ3n) is 1.96. The van der Waals surface area contributed by atoms with Crippen molar-refractivity contribution in [2.45, 2.75) is 19.8 Å². The summed E-state index contributed by atoms with van der Waals surface area (Å²) >= 11 is 5.29. The Balaban J connectivity index is 3.07. The van der Waals surface area contributed by atoms with Crippen LogP contribution < -0.4 is 0 Å². The number of carbonyl (C=O) groups is 1. The van der Waals surface area contributed by atoms with Gasteiger partial charge >= 0.3 is 5.97 Å². The molecule has 0 aliphatic rings. The molecule has 17 heavy (non-hydrogen) atoms. The Morgan fingerprint density at radius 2 is 2.24 bits per heavy atom. The lowest BCUT2D eigenvalue weighted by Crippen LogP contribution is -2.11. The maximum atomic E-state index is 13.3. The number of esters is 1. The standard InChI is InChI=1S/C10H9ClF3NO2/c1-2-17-6(16)3-5-4-15-9(11)8(12)7(5)10(13)14/h4,10H,2-3H2,1H3. The van der Waals surface area contributed by atoms with Gasteiger partial charge in [0.25, 0.3) is 6.43 Å². The van der Waals surface area contributed by atoms with E-state index in [4.69, 9.17) is 11.6 Å². The number of rotatable bonds is 4. The summed E-state index contributed by atoms with van der Waals surface area (Å²) in [7, 11) is 0. The Morgan fingerprint density at radius 3 is 2.76 bits per heavy atom. The molecule has 1 rings (SSSR count). The summed E-state index contributed by atoms with van der Waals surface area (Å²) in [4.78, 5) is 14.5. The van der Waals surface area contributed by atoms with Gasteiger partial charge in [-0.3, -0.25) is 4.79 Å². The summed E-state index contributed by atoms with van der Waals surface area (Å²) in [5.41, 5.74) is -1.13. The lowest BCUT2D eigenvalue weighted by Gasteiger charge is -2.09. The van der Waals surface area contributed by atoms with Crippen LogP contribution in [0, 0.1) is 5.82 Å². The van der Waals surface area contributed by atoms with E-state index in [0.29, 0.717) is 0 Å². The van der Waals surface area contributed by atoms with Gasteiger partial charge in [0.1, 0.15) is 0 Å². The SMILES string of the molecule is CCOC(=O)Cc1cnc(Cl)c(F)c1C(F)F. The molecular weight excluding hydrogens is 259 g/mol. The van der Waals surface area contributed by atoms with Gasteiger partial charge in [-0.25, -0.2) is 18.2 Å². The third kappa shape index (κ3) is 3.33. The van der Waals surface area contributed by atoms with E-state index in [0.717, 1.165) is 6.20 Å². The lowest BCUT2D eigenvalue weighted by molar-refractivity contribution is -0.142. The van der Waals surface area contributed by atoms with Gasteiger partial charge in [0.05, 0.1) is 18.6 Å². The van der Waals surface area contributed by atoms with Gasteiger partial charge in [0.2, 0.25) is 0 Å². The highest BCUT2D eigenvalue weighted by Crippen LogP contribution is 2.29. The normalized spacial score (nSPS) is 10.7. The van der Waals surface area contributed by atoms with Crippen LogP contribution in [0.2, 0.25) is 5.15 Å². The molecule has 0 radical (unpaired) electrons. The largest absolute Gasteiger partial charge is 0.466 e. The first kappa shape index (κ1) is 13.8. The van der Waals surface area contributed by atoms with Crippen LogP contribution in [0.15, 0.2) is 6.20 Å². The molecule has 7 heteroatoms. The average molecular weight is 268 g/mol. The lowest BCUT2D eigenvalue weighted by atomic mass is 10.1. The summed E-state index contributed by atoms with van der Waals surface area (Å²) in [6, 6.07) is 0. The number of aromatic nitrogens is 1. The molecule has 0 saturated heterocycles. The monoisotopic (exact) mass is 267 g/mol. The van der Waals surface area contributed by atoms with E-state index in [1.165, 1.54) is 0 Å². The van der Waals surface area contributed by atoms with Crippen molar-refractivity contribution >= 4 is 17.6 Å². The fourth-order valence-electron chi connectivity index (χ4n) is 1.26. The molecule has 0 aromatic carbocycles. The Morgan fingerprint density at radius 1 is 1.59 bits per heavy atom. The van der Waals surface area contributed by atoms with Crippen molar-refractivity contribution in [3.8, 4) is 0 Å². The van der Waals surface area contributed by atoms with E-state index < -0.39 is 35.3 Å². The number of halogens is 4. The zero-order valence-electron chi connectivity index (χ0n) is 8.84. The Bertz CT molecular complexity index is 426. The van der Waals surface area contributed by atoms with Crippen molar-refractivity contribution in [3.63, 3.8) is 0 Å². The van der Waals surface area contributed by atoms with Crippen LogP contribution in [-0.4, -0.2) is 17.6 Å². The number of hydrogen-bond acceptors (Lipinski definition) is 3. The van der Waals surface area contributed by atoms with Gasteiger partial charge in [0, 0.05) is 6.20 Å². The first-order valence-corrected chi connectivity index (χ1v) is 5.11. The highest BCUT2D eigenvalue weighted by molar-refractivity contribution is 6.29. The maximum absolute atomic E-state index is 13.3. The van der Waals surface area contributed by atoms with E-state index in [9.17, 15) is 18.0 Å². The average Bonchev–Trinajstić information content (AvgIpc) is 2.23. The maximum Gasteiger partial charge on any atom is 0.310 e. The molecule has 0 spiro atoms. The zero-order valence-corrected chi connectivity index (χ0v) is 9.60. The minimum absolute atomic E-state index is 0.117. The van der Waals surface area contributed by atoms with Crippen molar-refractivity contribution in [2.75, 3.05) is 6.61 Å². The van der Waals surface area contributed by atoms with Crippen molar-refractivity contribution in [3.05, 3.63) is 28.3 Å². The van der Waals surface area contributed by atoms with Gasteiger partial charge in [-0.15, -0.1) is 0 Å². The molecule has 0 aliphatic carbocycles. The quantitative estimate of drug-likeness (QED) is 0.622. The van der Waals surface area contributed by atoms with E-state index in [2.05, 4.69) is 9.72 Å². The number of pyridine rings is 1. The Kier molecular flexibility index (Phi) is 4.74. The molecule has 94 valence electrons. The summed E-state index contributed by atoms with van der Waals surface area (Å²) in [5.74, 6) is -2.03. The molecule has 3 nitrogen and oxygen atoms in total. The van der Waals surface area contributed by atoms with Crippen LogP contribution in [0.3, 0.4) is 0 Å². The highest BCUT2D eigenvalue weighted by Gasteiger charge is 2.23. The number of ether oxygens (including phenoxy) is 1. The minimum atomic E-state index is -3.07. The van der Waals surface area contributed by atoms with Crippen LogP contribution in [0.25, 0.3) is 0 Å². The van der Waals surface area contributed by atoms with Crippen LogP contribution in [0.5, 0.6) is 0 Å². The molecule has 0 atom stereocenters. The van der Waals surface area contributed by atoms with Crippen molar-refractivity contribution in [1.82, 2.24) is 4.98 Å². The fourth-order valence-corrected chi connectivity index (χ4v) is 1.41. The van der Waals surface area contributed by atoms with E-state index in [-0.39, 0.29) is 12.2 Å². The Hall–Kier alpha value is -1.30. The van der Waals surface area contributed by atoms with Crippen molar-refractivity contribution in [1.29, 1.82) is 0 Å². The van der Waals surface area contributed by atoms with Gasteiger partial charge in [0.15, 0.2) is 11.0 Å². The number of carbonyl (C=O) groups excluding carboxylic acids is 1. The molecule has 0 amide bonds. The third-order valence-corrected chi connectivity index (χ3v) is 2.22. The molecule has 1 aromatic rings. The van der Waals surface area contributed by atoms with E-state index in [1.54, 1.807) is 6.92 Å². The van der Waals surface area contributed by atoms with Crippen LogP contribution in [-0.2, 0) is 16.0 Å². The predicted molar refractivity (Wildman–Crippen MR) is 54.5 cm³/mol. The second kappa shape index (κ2) is 5.86.